The number of nitriles is 1. The Morgan fingerprint density at radius 2 is 2.00 bits per heavy atom. The Bertz CT molecular complexity index is 797. The summed E-state index contributed by atoms with van der Waals surface area (Å²) in [5.74, 6) is 1.16. The number of carbonyl (C=O) groups is 1. The van der Waals surface area contributed by atoms with Gasteiger partial charge >= 0.3 is 0 Å². The average molecular weight is 373 g/mol. The molecule has 1 aromatic carbocycles. The largest absolute Gasteiger partial charge is 0.497 e. The van der Waals surface area contributed by atoms with E-state index >= 15 is 0 Å². The van der Waals surface area contributed by atoms with E-state index in [4.69, 9.17) is 4.74 Å². The Labute approximate surface area is 157 Å². The molecule has 2 rings (SSSR count). The van der Waals surface area contributed by atoms with Gasteiger partial charge in [-0.1, -0.05) is 25.6 Å². The van der Waals surface area contributed by atoms with Crippen LogP contribution in [0.1, 0.15) is 27.7 Å². The van der Waals surface area contributed by atoms with E-state index in [1.54, 1.807) is 21.0 Å². The van der Waals surface area contributed by atoms with Gasteiger partial charge in [-0.25, -0.2) is 4.98 Å². The molecule has 0 unspecified atom stereocenters. The summed E-state index contributed by atoms with van der Waals surface area (Å²) in [4.78, 5) is 16.8. The summed E-state index contributed by atoms with van der Waals surface area (Å²) in [5, 5.41) is 19.2. The lowest BCUT2D eigenvalue weighted by Crippen LogP contribution is -2.51. The van der Waals surface area contributed by atoms with Gasteiger partial charge in [0.2, 0.25) is 11.1 Å². The number of hydrogen-bond donors (Lipinski definition) is 2. The number of H-pyrrole nitrogens is 1. The quantitative estimate of drug-likeness (QED) is 0.723. The van der Waals surface area contributed by atoms with Gasteiger partial charge in [0.15, 0.2) is 5.82 Å². The highest BCUT2D eigenvalue weighted by atomic mass is 32.2. The molecule has 0 fully saturated rings. The Morgan fingerprint density at radius 3 is 2.54 bits per heavy atom. The Morgan fingerprint density at radius 1 is 1.35 bits per heavy atom. The molecule has 1 aromatic heterocycles. The number of hydrogen-bond acceptors (Lipinski definition) is 6. The first kappa shape index (κ1) is 19.8. The first-order valence-corrected chi connectivity index (χ1v) is 9.13. The van der Waals surface area contributed by atoms with Gasteiger partial charge in [0.05, 0.1) is 18.4 Å². The topological polar surface area (TPSA) is 104 Å². The molecule has 0 saturated heterocycles. The molecule has 0 saturated carbocycles. The first-order valence-electron chi connectivity index (χ1n) is 8.26. The third-order valence-electron chi connectivity index (χ3n) is 4.25. The van der Waals surface area contributed by atoms with Crippen molar-refractivity contribution in [2.75, 3.05) is 7.11 Å². The zero-order valence-corrected chi connectivity index (χ0v) is 16.3. The van der Waals surface area contributed by atoms with Crippen LogP contribution in [0.25, 0.3) is 11.4 Å². The predicted octanol–water partition coefficient (Wildman–Crippen LogP) is 3.02. The van der Waals surface area contributed by atoms with E-state index < -0.39 is 10.8 Å². The fraction of sp³-hybridized carbons (Fsp3) is 0.444. The second-order valence-corrected chi connectivity index (χ2v) is 7.72. The number of carbonyl (C=O) groups excluding carboxylic acids is 1. The van der Waals surface area contributed by atoms with Crippen LogP contribution in [0.2, 0.25) is 0 Å². The van der Waals surface area contributed by atoms with Crippen LogP contribution in [0.4, 0.5) is 0 Å². The van der Waals surface area contributed by atoms with Crippen molar-refractivity contribution in [3.05, 3.63) is 24.3 Å². The molecule has 26 heavy (non-hydrogen) atoms. The predicted molar refractivity (Wildman–Crippen MR) is 101 cm³/mol. The smallest absolute Gasteiger partial charge is 0.234 e. The fourth-order valence-electron chi connectivity index (χ4n) is 2.05. The molecule has 1 amide bonds. The van der Waals surface area contributed by atoms with Crippen LogP contribution < -0.4 is 10.1 Å². The minimum atomic E-state index is -0.904. The maximum Gasteiger partial charge on any atom is 0.234 e. The van der Waals surface area contributed by atoms with Crippen LogP contribution in [0.3, 0.4) is 0 Å². The number of aromatic nitrogens is 3. The lowest BCUT2D eigenvalue weighted by Gasteiger charge is -2.28. The third kappa shape index (κ3) is 4.55. The number of methoxy groups -OCH3 is 1. The first-order chi connectivity index (χ1) is 12.3. The van der Waals surface area contributed by atoms with Crippen molar-refractivity contribution in [1.29, 1.82) is 5.26 Å². The Balaban J connectivity index is 2.03. The van der Waals surface area contributed by atoms with Crippen molar-refractivity contribution < 1.29 is 9.53 Å². The van der Waals surface area contributed by atoms with Crippen LogP contribution in [-0.4, -0.2) is 39.0 Å². The number of nitrogens with one attached hydrogen (secondary N) is 2. The van der Waals surface area contributed by atoms with Crippen LogP contribution >= 0.6 is 11.8 Å². The summed E-state index contributed by atoms with van der Waals surface area (Å²) in [7, 11) is 1.61. The van der Waals surface area contributed by atoms with Gasteiger partial charge in [-0.3, -0.25) is 9.89 Å². The van der Waals surface area contributed by atoms with E-state index in [2.05, 4.69) is 26.6 Å². The Hall–Kier alpha value is -2.53. The highest BCUT2D eigenvalue weighted by Gasteiger charge is 2.32. The summed E-state index contributed by atoms with van der Waals surface area (Å²) >= 11 is 1.24. The number of ether oxygens (including phenoxy) is 1. The van der Waals surface area contributed by atoms with Crippen LogP contribution in [0, 0.1) is 17.2 Å². The van der Waals surface area contributed by atoms with E-state index in [9.17, 15) is 10.1 Å². The molecule has 2 N–H and O–H groups in total. The number of rotatable bonds is 7. The molecule has 0 aliphatic carbocycles. The van der Waals surface area contributed by atoms with E-state index in [-0.39, 0.29) is 11.8 Å². The molecule has 1 heterocycles. The standard InChI is InChI=1S/C18H23N5O2S/c1-11(2)18(4,10-19)21-16(24)12(3)26-17-20-15(22-23-17)13-6-8-14(25-5)9-7-13/h6-9,11-12H,1-5H3,(H,21,24)(H,20,22,23)/t12-,18+/m0/s1. The van der Waals surface area contributed by atoms with Crippen molar-refractivity contribution in [3.8, 4) is 23.2 Å². The summed E-state index contributed by atoms with van der Waals surface area (Å²) in [6, 6.07) is 9.62. The zero-order chi connectivity index (χ0) is 19.3. The molecule has 2 aromatic rings. The summed E-state index contributed by atoms with van der Waals surface area (Å²) in [5.41, 5.74) is -0.0294. The second-order valence-electron chi connectivity index (χ2n) is 6.41. The van der Waals surface area contributed by atoms with Crippen LogP contribution in [0.5, 0.6) is 5.75 Å². The molecule has 0 aliphatic rings. The van der Waals surface area contributed by atoms with Crippen molar-refractivity contribution in [1.82, 2.24) is 20.5 Å². The van der Waals surface area contributed by atoms with Crippen molar-refractivity contribution in [2.24, 2.45) is 5.92 Å². The number of nitrogens with zero attached hydrogens (tertiary/aromatic N) is 3. The SMILES string of the molecule is COc1ccc(-c2nc(S[C@@H](C)C(=O)N[C@](C)(C#N)C(C)C)n[nH]2)cc1. The van der Waals surface area contributed by atoms with Gasteiger partial charge in [-0.05, 0) is 44.0 Å². The molecule has 0 aliphatic heterocycles. The highest BCUT2D eigenvalue weighted by Crippen LogP contribution is 2.25. The summed E-state index contributed by atoms with van der Waals surface area (Å²) in [6.07, 6.45) is 0. The lowest BCUT2D eigenvalue weighted by molar-refractivity contribution is -0.121. The molecule has 138 valence electrons. The molecule has 0 bridgehead atoms. The molecular weight excluding hydrogens is 350 g/mol. The molecule has 7 nitrogen and oxygen atoms in total. The van der Waals surface area contributed by atoms with E-state index in [1.165, 1.54) is 11.8 Å². The van der Waals surface area contributed by atoms with E-state index in [0.29, 0.717) is 11.0 Å². The maximum absolute atomic E-state index is 12.4. The summed E-state index contributed by atoms with van der Waals surface area (Å²) < 4.78 is 5.14. The minimum absolute atomic E-state index is 0.00108. The van der Waals surface area contributed by atoms with Gasteiger partial charge in [-0.15, -0.1) is 5.10 Å². The average Bonchev–Trinajstić information content (AvgIpc) is 3.09. The maximum atomic E-state index is 12.4. The van der Waals surface area contributed by atoms with Crippen molar-refractivity contribution >= 4 is 17.7 Å². The van der Waals surface area contributed by atoms with E-state index in [1.807, 2.05) is 38.1 Å². The van der Waals surface area contributed by atoms with Crippen molar-refractivity contribution in [2.45, 2.75) is 43.6 Å². The normalized spacial score (nSPS) is 14.3. The zero-order valence-electron chi connectivity index (χ0n) is 15.5. The fourth-order valence-corrected chi connectivity index (χ4v) is 2.77. The van der Waals surface area contributed by atoms with Gasteiger partial charge in [0.1, 0.15) is 11.3 Å². The summed E-state index contributed by atoms with van der Waals surface area (Å²) in [6.45, 7) is 7.29. The van der Waals surface area contributed by atoms with Gasteiger partial charge in [0.25, 0.3) is 0 Å². The van der Waals surface area contributed by atoms with Crippen molar-refractivity contribution in [3.63, 3.8) is 0 Å². The minimum Gasteiger partial charge on any atom is -0.497 e. The highest BCUT2D eigenvalue weighted by molar-refractivity contribution is 8.00. The van der Waals surface area contributed by atoms with Gasteiger partial charge in [0, 0.05) is 5.56 Å². The third-order valence-corrected chi connectivity index (χ3v) is 5.21. The number of aromatic amines is 1. The molecular formula is C18H23N5O2S. The Kier molecular flexibility index (Phi) is 6.27. The monoisotopic (exact) mass is 373 g/mol. The van der Waals surface area contributed by atoms with Gasteiger partial charge in [-0.2, -0.15) is 5.26 Å². The molecule has 0 spiro atoms. The van der Waals surface area contributed by atoms with Gasteiger partial charge < -0.3 is 10.1 Å². The number of benzene rings is 1. The second kappa shape index (κ2) is 8.23. The van der Waals surface area contributed by atoms with Crippen LogP contribution in [-0.2, 0) is 4.79 Å². The van der Waals surface area contributed by atoms with Crippen LogP contribution in [0.15, 0.2) is 29.4 Å². The lowest BCUT2D eigenvalue weighted by atomic mass is 9.90. The number of thioether (sulfide) groups is 1. The van der Waals surface area contributed by atoms with E-state index in [0.717, 1.165) is 11.3 Å². The molecule has 2 atom stereocenters. The molecule has 0 radical (unpaired) electrons. The molecule has 8 heteroatoms. The number of amides is 1.